The smallest absolute Gasteiger partial charge is 0.280 e. The summed E-state index contributed by atoms with van der Waals surface area (Å²) in [6.45, 7) is 2.11. The summed E-state index contributed by atoms with van der Waals surface area (Å²) in [5.41, 5.74) is 0.222. The lowest BCUT2D eigenvalue weighted by Crippen LogP contribution is -2.30. The number of anilines is 1. The Morgan fingerprint density at radius 3 is 2.58 bits per heavy atom. The highest BCUT2D eigenvalue weighted by molar-refractivity contribution is 7.89. The van der Waals surface area contributed by atoms with E-state index in [-0.39, 0.29) is 30.4 Å². The fourth-order valence-corrected chi connectivity index (χ4v) is 4.37. The lowest BCUT2D eigenvalue weighted by Gasteiger charge is -2.17. The van der Waals surface area contributed by atoms with Gasteiger partial charge in [-0.3, -0.25) is 10.1 Å². The van der Waals surface area contributed by atoms with Gasteiger partial charge in [0.25, 0.3) is 5.91 Å². The minimum atomic E-state index is -3.73. The first-order valence-electron chi connectivity index (χ1n) is 9.88. The van der Waals surface area contributed by atoms with Gasteiger partial charge in [-0.2, -0.15) is 4.31 Å². The van der Waals surface area contributed by atoms with Crippen molar-refractivity contribution in [2.45, 2.75) is 24.5 Å². The molecule has 1 heterocycles. The van der Waals surface area contributed by atoms with Crippen LogP contribution in [0.25, 0.3) is 0 Å². The standard InChI is InChI=1S/C20H28N4O7S2/c1-14(12-25)31-23-18(19(26)22-20-21-11-16(32-20)13-30-4)15-5-7-17(8-6-15)33(27,28)24(2)9-10-29-3/h5-8,11,14,25H,9-10,12-13H2,1-4H3,(H,21,22,26)/t14-/m1/s1. The molecule has 0 saturated carbocycles. The van der Waals surface area contributed by atoms with Crippen molar-refractivity contribution in [3.8, 4) is 0 Å². The summed E-state index contributed by atoms with van der Waals surface area (Å²) >= 11 is 1.24. The normalized spacial score (nSPS) is 13.2. The van der Waals surface area contributed by atoms with Crippen molar-refractivity contribution in [1.82, 2.24) is 9.29 Å². The quantitative estimate of drug-likeness (QED) is 0.310. The van der Waals surface area contributed by atoms with E-state index in [1.807, 2.05) is 0 Å². The molecule has 11 nitrogen and oxygen atoms in total. The number of carbonyl (C=O) groups is 1. The Bertz CT molecular complexity index is 1040. The number of nitrogens with zero attached hydrogens (tertiary/aromatic N) is 3. The molecule has 1 aromatic carbocycles. The van der Waals surface area contributed by atoms with Gasteiger partial charge in [-0.15, -0.1) is 0 Å². The van der Waals surface area contributed by atoms with Gasteiger partial charge in [-0.1, -0.05) is 28.6 Å². The van der Waals surface area contributed by atoms with E-state index in [0.29, 0.717) is 17.3 Å². The van der Waals surface area contributed by atoms with Crippen LogP contribution in [0.1, 0.15) is 17.4 Å². The number of oxime groups is 1. The summed E-state index contributed by atoms with van der Waals surface area (Å²) in [6.07, 6.45) is 0.944. The number of aromatic nitrogens is 1. The van der Waals surface area contributed by atoms with Crippen LogP contribution < -0.4 is 5.32 Å². The molecule has 1 atom stereocenters. The van der Waals surface area contributed by atoms with Crippen LogP contribution in [0.4, 0.5) is 5.13 Å². The first-order valence-corrected chi connectivity index (χ1v) is 12.1. The molecule has 0 fully saturated rings. The van der Waals surface area contributed by atoms with Gasteiger partial charge < -0.3 is 19.4 Å². The first-order chi connectivity index (χ1) is 15.7. The number of hydrogen-bond acceptors (Lipinski definition) is 10. The number of rotatable bonds is 13. The molecule has 2 rings (SSSR count). The van der Waals surface area contributed by atoms with E-state index in [0.717, 1.165) is 4.88 Å². The molecule has 0 saturated heterocycles. The molecule has 33 heavy (non-hydrogen) atoms. The van der Waals surface area contributed by atoms with Gasteiger partial charge in [0.2, 0.25) is 10.0 Å². The number of amides is 1. The van der Waals surface area contributed by atoms with Crippen LogP contribution in [-0.4, -0.2) is 81.6 Å². The summed E-state index contributed by atoms with van der Waals surface area (Å²) in [4.78, 5) is 23.1. The minimum Gasteiger partial charge on any atom is -0.392 e. The van der Waals surface area contributed by atoms with E-state index in [1.54, 1.807) is 20.2 Å². The van der Waals surface area contributed by atoms with Gasteiger partial charge in [0, 0.05) is 39.6 Å². The minimum absolute atomic E-state index is 0.0541. The molecular weight excluding hydrogens is 472 g/mol. The molecule has 182 valence electrons. The molecule has 0 spiro atoms. The summed E-state index contributed by atoms with van der Waals surface area (Å²) in [7, 11) is 0.779. The van der Waals surface area contributed by atoms with Crippen molar-refractivity contribution in [2.75, 3.05) is 46.3 Å². The molecule has 2 aromatic rings. The number of carbonyl (C=O) groups excluding carboxylic acids is 1. The van der Waals surface area contributed by atoms with Gasteiger partial charge in [0.15, 0.2) is 10.8 Å². The number of sulfonamides is 1. The third-order valence-electron chi connectivity index (χ3n) is 4.30. The number of aliphatic hydroxyl groups is 1. The van der Waals surface area contributed by atoms with Crippen LogP contribution in [0.2, 0.25) is 0 Å². The second kappa shape index (κ2) is 12.7. The zero-order valence-corrected chi connectivity index (χ0v) is 20.5. The van der Waals surface area contributed by atoms with Gasteiger partial charge in [0.1, 0.15) is 6.10 Å². The highest BCUT2D eigenvalue weighted by Gasteiger charge is 2.22. The van der Waals surface area contributed by atoms with Crippen LogP contribution in [-0.2, 0) is 35.7 Å². The molecule has 1 amide bonds. The molecule has 0 unspecified atom stereocenters. The predicted octanol–water partition coefficient (Wildman–Crippen LogP) is 1.30. The average Bonchev–Trinajstić information content (AvgIpc) is 3.24. The van der Waals surface area contributed by atoms with Crippen LogP contribution in [0.5, 0.6) is 0 Å². The Hall–Kier alpha value is -2.42. The summed E-state index contributed by atoms with van der Waals surface area (Å²) < 4.78 is 36.5. The van der Waals surface area contributed by atoms with Gasteiger partial charge in [-0.05, 0) is 19.1 Å². The third-order valence-corrected chi connectivity index (χ3v) is 7.06. The van der Waals surface area contributed by atoms with Gasteiger partial charge in [0.05, 0.1) is 29.6 Å². The molecule has 0 aliphatic heterocycles. The van der Waals surface area contributed by atoms with Crippen molar-refractivity contribution < 1.29 is 32.6 Å². The number of nitrogens with one attached hydrogen (secondary N) is 1. The molecule has 0 aliphatic carbocycles. The van der Waals surface area contributed by atoms with Crippen molar-refractivity contribution in [2.24, 2.45) is 5.16 Å². The van der Waals surface area contributed by atoms with Gasteiger partial charge >= 0.3 is 0 Å². The Balaban J connectivity index is 2.28. The van der Waals surface area contributed by atoms with Crippen LogP contribution in [0.15, 0.2) is 40.5 Å². The second-order valence-corrected chi connectivity index (χ2v) is 10.1. The molecule has 0 radical (unpaired) electrons. The zero-order chi connectivity index (χ0) is 24.4. The average molecular weight is 501 g/mol. The SMILES string of the molecule is COCCN(C)S(=O)(=O)c1ccc(C(=NO[C@H](C)CO)C(=O)Nc2ncc(COC)s2)cc1. The maximum Gasteiger partial charge on any atom is 0.280 e. The second-order valence-electron chi connectivity index (χ2n) is 6.90. The Morgan fingerprint density at radius 1 is 1.27 bits per heavy atom. The molecule has 2 N–H and O–H groups in total. The molecule has 0 bridgehead atoms. The number of ether oxygens (including phenoxy) is 2. The fourth-order valence-electron chi connectivity index (χ4n) is 2.44. The van der Waals surface area contributed by atoms with Crippen molar-refractivity contribution in [1.29, 1.82) is 0 Å². The molecular formula is C20H28N4O7S2. The van der Waals surface area contributed by atoms with Crippen molar-refractivity contribution in [3.63, 3.8) is 0 Å². The van der Waals surface area contributed by atoms with E-state index < -0.39 is 22.0 Å². The van der Waals surface area contributed by atoms with Crippen LogP contribution in [0, 0.1) is 0 Å². The monoisotopic (exact) mass is 500 g/mol. The molecule has 13 heteroatoms. The number of hydrogen-bond donors (Lipinski definition) is 2. The number of benzene rings is 1. The fraction of sp³-hybridized carbons (Fsp3) is 0.450. The van der Waals surface area contributed by atoms with Crippen LogP contribution in [0.3, 0.4) is 0 Å². The van der Waals surface area contributed by atoms with Crippen molar-refractivity contribution >= 4 is 38.1 Å². The van der Waals surface area contributed by atoms with E-state index in [9.17, 15) is 18.3 Å². The van der Waals surface area contributed by atoms with E-state index in [4.69, 9.17) is 14.3 Å². The number of methoxy groups -OCH3 is 2. The van der Waals surface area contributed by atoms with E-state index in [2.05, 4.69) is 15.5 Å². The summed E-state index contributed by atoms with van der Waals surface area (Å²) in [5, 5.41) is 16.1. The molecule has 0 aliphatic rings. The molecule has 1 aromatic heterocycles. The third kappa shape index (κ3) is 7.55. The highest BCUT2D eigenvalue weighted by atomic mass is 32.2. The van der Waals surface area contributed by atoms with E-state index >= 15 is 0 Å². The van der Waals surface area contributed by atoms with Crippen LogP contribution >= 0.6 is 11.3 Å². The summed E-state index contributed by atoms with van der Waals surface area (Å²) in [6, 6.07) is 5.68. The van der Waals surface area contributed by atoms with Crippen molar-refractivity contribution in [3.05, 3.63) is 40.9 Å². The maximum atomic E-state index is 12.9. The topological polar surface area (TPSA) is 140 Å². The number of likely N-dealkylation sites (N-methyl/N-ethyl adjacent to an activating group) is 1. The lowest BCUT2D eigenvalue weighted by molar-refractivity contribution is -0.110. The highest BCUT2D eigenvalue weighted by Crippen LogP contribution is 2.20. The van der Waals surface area contributed by atoms with Gasteiger partial charge in [-0.25, -0.2) is 13.4 Å². The first kappa shape index (κ1) is 26.8. The zero-order valence-electron chi connectivity index (χ0n) is 18.8. The number of thiazole rings is 1. The summed E-state index contributed by atoms with van der Waals surface area (Å²) in [5.74, 6) is -0.605. The Kier molecular flexibility index (Phi) is 10.3. The largest absolute Gasteiger partial charge is 0.392 e. The lowest BCUT2D eigenvalue weighted by atomic mass is 10.1. The number of aliphatic hydroxyl groups excluding tert-OH is 1. The van der Waals surface area contributed by atoms with E-state index in [1.165, 1.54) is 54.1 Å². The Labute approximate surface area is 197 Å². The maximum absolute atomic E-state index is 12.9. The predicted molar refractivity (Wildman–Crippen MR) is 124 cm³/mol. The Morgan fingerprint density at radius 2 is 1.97 bits per heavy atom.